The highest BCUT2D eigenvalue weighted by Crippen LogP contribution is 2.34. The fourth-order valence-corrected chi connectivity index (χ4v) is 10.6. The molecule has 83 heavy (non-hydrogen) atoms. The molecular weight excluding hydrogens is 1140 g/mol. The summed E-state index contributed by atoms with van der Waals surface area (Å²) in [5.41, 5.74) is 16.0. The number of nitrogens with zero attached hydrogens (tertiary/aromatic N) is 6. The molecule has 4 aliphatic rings. The van der Waals surface area contributed by atoms with Crippen LogP contribution >= 0.6 is 15.9 Å². The minimum Gasteiger partial charge on any atom is -0.444 e. The molecule has 4 atom stereocenters. The number of carbonyl (C=O) groups excluding carboxylic acids is 2. The lowest BCUT2D eigenvalue weighted by Crippen LogP contribution is -2.41. The summed E-state index contributed by atoms with van der Waals surface area (Å²) in [5, 5.41) is 7.03. The Labute approximate surface area is 512 Å². The number of pyridine rings is 4. The molecule has 2 N–H and O–H groups in total. The van der Waals surface area contributed by atoms with Gasteiger partial charge in [0.1, 0.15) is 35.4 Å². The molecular formula is C67H97BrN8O4Si3. The van der Waals surface area contributed by atoms with E-state index in [0.29, 0.717) is 12.1 Å². The van der Waals surface area contributed by atoms with Crippen molar-refractivity contribution in [2.45, 2.75) is 213 Å². The van der Waals surface area contributed by atoms with Crippen LogP contribution in [0.3, 0.4) is 0 Å². The molecule has 2 amide bonds. The molecule has 0 saturated carbocycles. The van der Waals surface area contributed by atoms with Crippen LogP contribution in [-0.4, -0.2) is 104 Å². The highest BCUT2D eigenvalue weighted by atomic mass is 79.9. The summed E-state index contributed by atoms with van der Waals surface area (Å²) >= 11 is 3.44. The van der Waals surface area contributed by atoms with E-state index in [9.17, 15) is 9.59 Å². The van der Waals surface area contributed by atoms with Crippen LogP contribution in [0.4, 0.5) is 9.59 Å². The summed E-state index contributed by atoms with van der Waals surface area (Å²) in [5.74, 6) is 9.16. The summed E-state index contributed by atoms with van der Waals surface area (Å²) in [7, 11) is -3.83. The number of piperidine rings is 4. The van der Waals surface area contributed by atoms with Gasteiger partial charge in [-0.15, -0.1) is 29.5 Å². The largest absolute Gasteiger partial charge is 0.444 e. The Morgan fingerprint density at radius 2 is 0.880 bits per heavy atom. The van der Waals surface area contributed by atoms with Crippen LogP contribution < -0.4 is 10.6 Å². The van der Waals surface area contributed by atoms with Crippen LogP contribution in [-0.2, 0) is 9.47 Å². The second-order valence-electron chi connectivity index (χ2n) is 26.9. The van der Waals surface area contributed by atoms with Crippen LogP contribution in [0, 0.1) is 47.2 Å². The maximum Gasteiger partial charge on any atom is 0.410 e. The van der Waals surface area contributed by atoms with Gasteiger partial charge in [0.2, 0.25) is 0 Å². The number of likely N-dealkylation sites (tertiary alicyclic amines) is 2. The van der Waals surface area contributed by atoms with E-state index >= 15 is 0 Å². The molecule has 4 aliphatic heterocycles. The van der Waals surface area contributed by atoms with Gasteiger partial charge in [-0.3, -0.25) is 19.9 Å². The fourth-order valence-electron chi connectivity index (χ4n) is 9.19. The number of amides is 2. The number of nitrogens with one attached hydrogen (secondary N) is 2. The van der Waals surface area contributed by atoms with Gasteiger partial charge in [0, 0.05) is 95.9 Å². The topological polar surface area (TPSA) is 135 Å². The van der Waals surface area contributed by atoms with Crippen LogP contribution in [0.5, 0.6) is 0 Å². The summed E-state index contributed by atoms with van der Waals surface area (Å²) in [6, 6.07) is 9.35. The molecule has 0 aromatic carbocycles. The zero-order valence-corrected chi connectivity index (χ0v) is 57.5. The lowest BCUT2D eigenvalue weighted by atomic mass is 9.96. The van der Waals surface area contributed by atoms with Gasteiger partial charge in [-0.05, 0) is 181 Å². The molecule has 0 radical (unpaired) electrons. The molecule has 4 unspecified atom stereocenters. The lowest BCUT2D eigenvalue weighted by molar-refractivity contribution is 0.00848. The van der Waals surface area contributed by atoms with Gasteiger partial charge in [-0.2, -0.15) is 0 Å². The zero-order chi connectivity index (χ0) is 61.4. The number of ether oxygens (including phenoxy) is 2. The molecule has 4 fully saturated rings. The first kappa shape index (κ1) is 69.9. The second kappa shape index (κ2) is 33.2. The summed E-state index contributed by atoms with van der Waals surface area (Å²) in [4.78, 5) is 45.7. The summed E-state index contributed by atoms with van der Waals surface area (Å²) in [6.45, 7) is 35.0. The first-order chi connectivity index (χ1) is 38.9. The molecule has 4 saturated heterocycles. The molecule has 4 aromatic heterocycles. The average Bonchev–Trinajstić information content (AvgIpc) is 3.54. The first-order valence-corrected chi connectivity index (χ1v) is 41.1. The highest BCUT2D eigenvalue weighted by Gasteiger charge is 2.33. The number of terminal acetylenes is 2. The molecule has 8 heterocycles. The second-order valence-corrected chi connectivity index (χ2v) is 42.1. The lowest BCUT2D eigenvalue weighted by Gasteiger charge is -2.36. The number of hydrogen-bond acceptors (Lipinski definition) is 10. The molecule has 8 rings (SSSR count). The Bertz CT molecular complexity index is 2910. The van der Waals surface area contributed by atoms with E-state index < -0.39 is 35.4 Å². The Kier molecular flexibility index (Phi) is 28.0. The van der Waals surface area contributed by atoms with E-state index in [-0.39, 0.29) is 24.3 Å². The van der Waals surface area contributed by atoms with Gasteiger partial charge >= 0.3 is 12.2 Å². The number of carbonyl (C=O) groups is 2. The Balaban J connectivity index is 0.000000233. The summed E-state index contributed by atoms with van der Waals surface area (Å²) < 4.78 is 12.0. The smallest absolute Gasteiger partial charge is 0.410 e. The van der Waals surface area contributed by atoms with Crippen molar-refractivity contribution in [1.82, 2.24) is 40.4 Å². The van der Waals surface area contributed by atoms with Gasteiger partial charge in [0.25, 0.3) is 0 Å². The molecule has 448 valence electrons. The van der Waals surface area contributed by atoms with Crippen molar-refractivity contribution in [2.24, 2.45) is 0 Å². The van der Waals surface area contributed by atoms with Gasteiger partial charge < -0.3 is 29.9 Å². The number of hydrogen-bond donors (Lipinski definition) is 2. The number of aromatic nitrogens is 4. The maximum atomic E-state index is 12.6. The van der Waals surface area contributed by atoms with Gasteiger partial charge in [0.15, 0.2) is 0 Å². The van der Waals surface area contributed by atoms with Crippen molar-refractivity contribution in [3.05, 3.63) is 117 Å². The Morgan fingerprint density at radius 1 is 0.518 bits per heavy atom. The van der Waals surface area contributed by atoms with E-state index in [2.05, 4.69) is 158 Å². The van der Waals surface area contributed by atoms with Crippen molar-refractivity contribution >= 4 is 52.3 Å². The van der Waals surface area contributed by atoms with Gasteiger partial charge in [0.05, 0.1) is 12.1 Å². The Hall–Kier alpha value is -5.57. The monoisotopic (exact) mass is 1240 g/mol. The predicted molar refractivity (Wildman–Crippen MR) is 353 cm³/mol. The van der Waals surface area contributed by atoms with Crippen molar-refractivity contribution in [1.29, 1.82) is 0 Å². The van der Waals surface area contributed by atoms with Crippen LogP contribution in [0.25, 0.3) is 0 Å². The number of rotatable bonds is 4. The molecule has 16 heteroatoms. The predicted octanol–water partition coefficient (Wildman–Crippen LogP) is 15.6. The van der Waals surface area contributed by atoms with Crippen LogP contribution in [0.15, 0.2) is 78.3 Å². The maximum absolute atomic E-state index is 12.6. The van der Waals surface area contributed by atoms with E-state index in [0.717, 1.165) is 97.0 Å². The minimum atomic E-state index is -1.43. The Morgan fingerprint density at radius 3 is 1.24 bits per heavy atom. The fraction of sp³-hybridized carbons (Fsp3) is 0.552. The van der Waals surface area contributed by atoms with Crippen molar-refractivity contribution in [3.8, 4) is 47.2 Å². The van der Waals surface area contributed by atoms with Crippen molar-refractivity contribution in [3.63, 3.8) is 0 Å². The molecule has 0 spiro atoms. The quantitative estimate of drug-likeness (QED) is 0.150. The van der Waals surface area contributed by atoms with E-state index in [1.807, 2.05) is 88.4 Å². The first-order valence-electron chi connectivity index (χ1n) is 29.8. The van der Waals surface area contributed by atoms with E-state index in [4.69, 9.17) is 22.3 Å². The van der Waals surface area contributed by atoms with Crippen LogP contribution in [0.1, 0.15) is 182 Å². The standard InChI is InChI=1S/C20H30N2O2Si.C15H21BrN2O2.C15H22N2Si.C12H14N2.C5H10Si/c1-20(2,3)24-19(23)22-11-8-7-9-18(22)17-13-16(14-21-15-17)10-12-25(4,5)6;1-15(2,3)20-14(19)18-7-5-4-6-13(18)11-8-12(16)10-17-9-11;1-18(2,3)9-7-13-10-14(12-16-11-13)15-6-4-5-8-17-15;1-2-10-7-11(9-13-8-10)12-5-3-4-6-14-12;1-5-6(2,3)4/h13-15,18H,7-9,11H2,1-6H3;8-10,13H,4-7H2,1-3H3;10-12,15,17H,4-6,8H2,1-3H3;1,7-9,12,14H,3-6H2;1H,2-4H3. The molecule has 4 aromatic rings. The third kappa shape index (κ3) is 27.8. The van der Waals surface area contributed by atoms with Gasteiger partial charge in [-0.1, -0.05) is 89.5 Å². The third-order valence-electron chi connectivity index (χ3n) is 13.2. The van der Waals surface area contributed by atoms with Crippen LogP contribution in [0.2, 0.25) is 58.9 Å². The van der Waals surface area contributed by atoms with E-state index in [1.165, 1.54) is 49.7 Å². The number of halogens is 1. The van der Waals surface area contributed by atoms with Crippen molar-refractivity contribution < 1.29 is 19.1 Å². The average molecular weight is 1240 g/mol. The molecule has 12 nitrogen and oxygen atoms in total. The third-order valence-corrected chi connectivity index (χ3v) is 16.3. The van der Waals surface area contributed by atoms with Crippen molar-refractivity contribution in [2.75, 3.05) is 26.2 Å². The minimum absolute atomic E-state index is 0.0183. The van der Waals surface area contributed by atoms with Gasteiger partial charge in [-0.25, -0.2) is 9.59 Å². The molecule has 0 bridgehead atoms. The SMILES string of the molecule is C#C[Si](C)(C)C.C#Cc1cncc(C2CCCCN2)c1.CC(C)(C)OC(=O)N1CCCCC1c1cncc(Br)c1.CC(C)(C)OC(=O)N1CCCCC1c1cncc(C#C[Si](C)(C)C)c1.C[Si](C)(C)C#Cc1cncc(C2CCCCN2)c1. The zero-order valence-electron chi connectivity index (χ0n) is 52.9. The normalized spacial score (nSPS) is 19.0. The summed E-state index contributed by atoms with van der Waals surface area (Å²) in [6.07, 6.45) is 38.4. The van der Waals surface area contributed by atoms with E-state index in [1.54, 1.807) is 18.6 Å². The molecule has 0 aliphatic carbocycles. The highest BCUT2D eigenvalue weighted by molar-refractivity contribution is 9.10.